The Morgan fingerprint density at radius 1 is 0.529 bits per heavy atom. The molecule has 2 unspecified atom stereocenters. The quantitative estimate of drug-likeness (QED) is 0.184. The molecule has 51 heavy (non-hydrogen) atoms. The molecular formula is C44H27N5S2. The van der Waals surface area contributed by atoms with Crippen molar-refractivity contribution in [3.8, 4) is 34.2 Å². The van der Waals surface area contributed by atoms with Crippen molar-refractivity contribution in [3.63, 3.8) is 0 Å². The molecule has 0 fully saturated rings. The van der Waals surface area contributed by atoms with E-state index in [1.807, 2.05) is 41.8 Å². The van der Waals surface area contributed by atoms with Gasteiger partial charge in [0.1, 0.15) is 5.82 Å². The van der Waals surface area contributed by atoms with Gasteiger partial charge in [-0.25, -0.2) is 19.9 Å². The van der Waals surface area contributed by atoms with Gasteiger partial charge in [0.15, 0.2) is 17.5 Å². The van der Waals surface area contributed by atoms with E-state index in [2.05, 4.69) is 126 Å². The van der Waals surface area contributed by atoms with Gasteiger partial charge < -0.3 is 4.90 Å². The molecule has 11 rings (SSSR count). The van der Waals surface area contributed by atoms with Crippen molar-refractivity contribution in [1.82, 2.24) is 19.9 Å². The molecule has 0 saturated heterocycles. The largest absolute Gasteiger partial charge is 0.318 e. The molecule has 0 amide bonds. The molecule has 5 aromatic carbocycles. The Balaban J connectivity index is 1.08. The van der Waals surface area contributed by atoms with Gasteiger partial charge in [0, 0.05) is 80.4 Å². The number of fused-ring (bicyclic) bond motifs is 9. The third-order valence-electron chi connectivity index (χ3n) is 10.1. The molecule has 0 radical (unpaired) electrons. The second-order valence-corrected chi connectivity index (χ2v) is 15.2. The normalized spacial score (nSPS) is 16.4. The highest BCUT2D eigenvalue weighted by atomic mass is 32.1. The summed E-state index contributed by atoms with van der Waals surface area (Å²) in [4.78, 5) is 22.6. The highest BCUT2D eigenvalue weighted by Crippen LogP contribution is 2.48. The molecular weight excluding hydrogens is 663 g/mol. The number of thiophene rings is 2. The van der Waals surface area contributed by atoms with Gasteiger partial charge in [0.05, 0.1) is 6.04 Å². The number of nitrogens with zero attached hydrogens (tertiary/aromatic N) is 5. The topological polar surface area (TPSA) is 54.8 Å². The predicted molar refractivity (Wildman–Crippen MR) is 213 cm³/mol. The summed E-state index contributed by atoms with van der Waals surface area (Å²) in [5.41, 5.74) is 5.36. The highest BCUT2D eigenvalue weighted by molar-refractivity contribution is 7.26. The minimum Gasteiger partial charge on any atom is -0.318 e. The van der Waals surface area contributed by atoms with E-state index in [1.165, 1.54) is 45.9 Å². The van der Waals surface area contributed by atoms with Crippen LogP contribution in [0.25, 0.3) is 74.5 Å². The second-order valence-electron chi connectivity index (χ2n) is 13.0. The maximum Gasteiger partial charge on any atom is 0.165 e. The van der Waals surface area contributed by atoms with Crippen molar-refractivity contribution in [2.45, 2.75) is 12.0 Å². The Hall–Kier alpha value is -6.02. The molecule has 0 N–H and O–H groups in total. The Labute approximate surface area is 301 Å². The molecule has 0 bridgehead atoms. The van der Waals surface area contributed by atoms with Crippen molar-refractivity contribution in [2.24, 2.45) is 0 Å². The van der Waals surface area contributed by atoms with E-state index in [9.17, 15) is 0 Å². The van der Waals surface area contributed by atoms with Crippen LogP contribution in [0.2, 0.25) is 0 Å². The Kier molecular flexibility index (Phi) is 6.35. The molecule has 2 aliphatic rings. The van der Waals surface area contributed by atoms with Crippen molar-refractivity contribution < 1.29 is 0 Å². The summed E-state index contributed by atoms with van der Waals surface area (Å²) in [5, 5.41) is 4.91. The van der Waals surface area contributed by atoms with Crippen LogP contribution < -0.4 is 4.90 Å². The van der Waals surface area contributed by atoms with Crippen LogP contribution in [0, 0.1) is 0 Å². The molecule has 0 saturated carbocycles. The fraction of sp³-hybridized carbons (Fsp3) is 0.0455. The lowest BCUT2D eigenvalue weighted by molar-refractivity contribution is 0.743. The van der Waals surface area contributed by atoms with Crippen LogP contribution in [0.3, 0.4) is 0 Å². The van der Waals surface area contributed by atoms with Crippen LogP contribution in [0.15, 0.2) is 152 Å². The average Bonchev–Trinajstić information content (AvgIpc) is 3.87. The maximum atomic E-state index is 5.20. The molecule has 0 spiro atoms. The summed E-state index contributed by atoms with van der Waals surface area (Å²) in [6.45, 7) is 0. The molecule has 4 aromatic heterocycles. The second kappa shape index (κ2) is 11.3. The Morgan fingerprint density at radius 2 is 1.31 bits per heavy atom. The minimum absolute atomic E-state index is 0.202. The number of rotatable bonds is 4. The molecule has 5 nitrogen and oxygen atoms in total. The summed E-state index contributed by atoms with van der Waals surface area (Å²) in [5.74, 6) is 3.33. The van der Waals surface area contributed by atoms with Crippen LogP contribution in [-0.2, 0) is 0 Å². The van der Waals surface area contributed by atoms with E-state index in [0.717, 1.165) is 28.2 Å². The highest BCUT2D eigenvalue weighted by Gasteiger charge is 2.38. The molecule has 9 aromatic rings. The van der Waals surface area contributed by atoms with Gasteiger partial charge >= 0.3 is 0 Å². The lowest BCUT2D eigenvalue weighted by Gasteiger charge is -2.27. The third-order valence-corrected chi connectivity index (χ3v) is 12.5. The minimum atomic E-state index is 0.202. The standard InChI is InChI=1S/C44H27N5S2/c1-2-10-26(11-3-1)41-46-42(27-19-22-38-35(24-27)30-13-5-7-18-37(30)50-38)48-43(47-41)34-15-8-14-32-31-21-20-28(25-39(31)51-40(32)34)49-36-17-6-4-12-29(36)33-16-9-23-45-44(33)49/h1-25,29,36H. The predicted octanol–water partition coefficient (Wildman–Crippen LogP) is 11.7. The third kappa shape index (κ3) is 4.52. The van der Waals surface area contributed by atoms with Gasteiger partial charge in [-0.05, 0) is 48.5 Å². The van der Waals surface area contributed by atoms with E-state index in [4.69, 9.17) is 19.9 Å². The maximum absolute atomic E-state index is 5.20. The number of benzene rings is 5. The zero-order chi connectivity index (χ0) is 33.5. The first kappa shape index (κ1) is 28.8. The zero-order valence-electron chi connectivity index (χ0n) is 27.1. The molecule has 1 aliphatic carbocycles. The van der Waals surface area contributed by atoms with Gasteiger partial charge in [-0.2, -0.15) is 0 Å². The summed E-state index contributed by atoms with van der Waals surface area (Å²) in [6.07, 6.45) is 10.8. The zero-order valence-corrected chi connectivity index (χ0v) is 28.8. The van der Waals surface area contributed by atoms with Gasteiger partial charge in [-0.15, -0.1) is 22.7 Å². The SMILES string of the molecule is C1=CC2c3cccnc3N(c3ccc4c(c3)sc3c(-c5nc(-c6ccccc6)nc(-c6ccc7sc8ccccc8c7c6)n5)cccc34)C2C=C1. The Morgan fingerprint density at radius 3 is 2.25 bits per heavy atom. The molecule has 240 valence electrons. The van der Waals surface area contributed by atoms with Crippen LogP contribution in [0.4, 0.5) is 11.5 Å². The van der Waals surface area contributed by atoms with E-state index in [-0.39, 0.29) is 6.04 Å². The lowest BCUT2D eigenvalue weighted by atomic mass is 9.92. The smallest absolute Gasteiger partial charge is 0.165 e. The first-order chi connectivity index (χ1) is 25.3. The van der Waals surface area contributed by atoms with Gasteiger partial charge in [0.2, 0.25) is 0 Å². The first-order valence-electron chi connectivity index (χ1n) is 17.0. The number of hydrogen-bond acceptors (Lipinski definition) is 7. The fourth-order valence-corrected chi connectivity index (χ4v) is 10.1. The summed E-state index contributed by atoms with van der Waals surface area (Å²) in [7, 11) is 0. The number of allylic oxidation sites excluding steroid dienone is 2. The van der Waals surface area contributed by atoms with Crippen molar-refractivity contribution >= 4 is 74.5 Å². The number of anilines is 2. The molecule has 2 atom stereocenters. The summed E-state index contributed by atoms with van der Waals surface area (Å²) >= 11 is 3.61. The van der Waals surface area contributed by atoms with E-state index >= 15 is 0 Å². The molecule has 1 aliphatic heterocycles. The first-order valence-corrected chi connectivity index (χ1v) is 18.7. The van der Waals surface area contributed by atoms with E-state index in [1.54, 1.807) is 11.3 Å². The van der Waals surface area contributed by atoms with Crippen LogP contribution in [0.5, 0.6) is 0 Å². The number of hydrogen-bond donors (Lipinski definition) is 0. The van der Waals surface area contributed by atoms with Gasteiger partial charge in [0.25, 0.3) is 0 Å². The van der Waals surface area contributed by atoms with Crippen LogP contribution in [-0.4, -0.2) is 26.0 Å². The van der Waals surface area contributed by atoms with E-state index < -0.39 is 0 Å². The molecule has 7 heteroatoms. The lowest BCUT2D eigenvalue weighted by Crippen LogP contribution is -2.28. The monoisotopic (exact) mass is 689 g/mol. The van der Waals surface area contributed by atoms with Crippen molar-refractivity contribution in [3.05, 3.63) is 157 Å². The fourth-order valence-electron chi connectivity index (χ4n) is 7.76. The van der Waals surface area contributed by atoms with Crippen LogP contribution >= 0.6 is 22.7 Å². The number of pyridine rings is 1. The van der Waals surface area contributed by atoms with Gasteiger partial charge in [-0.1, -0.05) is 97.1 Å². The molecule has 5 heterocycles. The summed E-state index contributed by atoms with van der Waals surface area (Å²) in [6, 6.07) is 43.1. The Bertz CT molecular complexity index is 2900. The van der Waals surface area contributed by atoms with Crippen molar-refractivity contribution in [1.29, 1.82) is 0 Å². The average molecular weight is 690 g/mol. The summed E-state index contributed by atoms with van der Waals surface area (Å²) < 4.78 is 4.92. The number of aromatic nitrogens is 4. The van der Waals surface area contributed by atoms with Gasteiger partial charge in [-0.3, -0.25) is 0 Å². The van der Waals surface area contributed by atoms with E-state index in [0.29, 0.717) is 23.4 Å². The van der Waals surface area contributed by atoms with Crippen LogP contribution in [0.1, 0.15) is 11.5 Å². The van der Waals surface area contributed by atoms with Crippen molar-refractivity contribution in [2.75, 3.05) is 4.90 Å².